The number of hydrogen-bond donors (Lipinski definition) is 0. The van der Waals surface area contributed by atoms with E-state index in [1.807, 2.05) is 38.1 Å². The van der Waals surface area contributed by atoms with E-state index in [0.29, 0.717) is 19.1 Å². The van der Waals surface area contributed by atoms with Crippen LogP contribution in [0.4, 0.5) is 4.79 Å². The lowest BCUT2D eigenvalue weighted by molar-refractivity contribution is 0.0465. The number of allylic oxidation sites excluding steroid dienone is 2. The van der Waals surface area contributed by atoms with E-state index in [-0.39, 0.29) is 5.92 Å². The van der Waals surface area contributed by atoms with E-state index in [1.54, 1.807) is 11.8 Å². The van der Waals surface area contributed by atoms with Gasteiger partial charge in [-0.25, -0.2) is 4.79 Å². The summed E-state index contributed by atoms with van der Waals surface area (Å²) < 4.78 is 10.1. The fraction of sp³-hybridized carbons (Fsp3) is 0.360. The van der Waals surface area contributed by atoms with Crippen molar-refractivity contribution in [2.24, 2.45) is 5.92 Å². The molecule has 0 bridgehead atoms. The van der Waals surface area contributed by atoms with E-state index in [0.717, 1.165) is 19.3 Å². The maximum Gasteiger partial charge on any atom is 0.508 e. The third-order valence-electron chi connectivity index (χ3n) is 4.35. The third-order valence-corrected chi connectivity index (χ3v) is 5.37. The van der Waals surface area contributed by atoms with E-state index in [1.165, 1.54) is 21.4 Å². The molecule has 0 heterocycles. The molecule has 0 aromatic heterocycles. The first-order valence-electron chi connectivity index (χ1n) is 10.3. The van der Waals surface area contributed by atoms with Crippen LogP contribution < -0.4 is 0 Å². The summed E-state index contributed by atoms with van der Waals surface area (Å²) in [7, 11) is 0. The average molecular weight is 424 g/mol. The molecule has 0 saturated carbocycles. The Kier molecular flexibility index (Phi) is 10.6. The number of carbonyl (C=O) groups is 1. The summed E-state index contributed by atoms with van der Waals surface area (Å²) in [5.74, 6) is 0.455. The van der Waals surface area contributed by atoms with Crippen molar-refractivity contribution in [2.75, 3.05) is 13.2 Å². The molecule has 0 spiro atoms. The van der Waals surface area contributed by atoms with Crippen LogP contribution in [0.15, 0.2) is 76.5 Å². The molecule has 1 unspecified atom stereocenters. The lowest BCUT2D eigenvalue weighted by atomic mass is 9.93. The van der Waals surface area contributed by atoms with Crippen LogP contribution in [-0.4, -0.2) is 19.4 Å². The Morgan fingerprint density at radius 1 is 1.03 bits per heavy atom. The quantitative estimate of drug-likeness (QED) is 0.222. The van der Waals surface area contributed by atoms with Gasteiger partial charge in [-0.05, 0) is 55.0 Å². The Hall–Kier alpha value is -2.71. The molecule has 2 aromatic carbocycles. The van der Waals surface area contributed by atoms with Gasteiger partial charge < -0.3 is 9.47 Å². The normalized spacial score (nSPS) is 11.9. The van der Waals surface area contributed by atoms with Gasteiger partial charge in [0.2, 0.25) is 0 Å². The first-order chi connectivity index (χ1) is 14.6. The van der Waals surface area contributed by atoms with Crippen molar-refractivity contribution in [2.45, 2.75) is 48.8 Å². The van der Waals surface area contributed by atoms with Gasteiger partial charge in [0.25, 0.3) is 0 Å². The van der Waals surface area contributed by atoms with E-state index >= 15 is 0 Å². The molecule has 0 fully saturated rings. The van der Waals surface area contributed by atoms with Crippen LogP contribution in [0.5, 0.6) is 0 Å². The molecule has 0 aliphatic heterocycles. The van der Waals surface area contributed by atoms with Crippen molar-refractivity contribution in [1.82, 2.24) is 0 Å². The fourth-order valence-corrected chi connectivity index (χ4v) is 3.68. The van der Waals surface area contributed by atoms with Crippen LogP contribution in [0.25, 0.3) is 0 Å². The van der Waals surface area contributed by atoms with Crippen LogP contribution in [0.3, 0.4) is 0 Å². The number of carbonyl (C=O) groups excluding carboxylic acids is 1. The highest BCUT2D eigenvalue weighted by atomic mass is 32.2. The largest absolute Gasteiger partial charge is 0.508 e. The second-order valence-electron chi connectivity index (χ2n) is 7.38. The Morgan fingerprint density at radius 3 is 2.40 bits per heavy atom. The molecule has 0 radical (unpaired) electrons. The summed E-state index contributed by atoms with van der Waals surface area (Å²) in [6, 6.07) is 20.8. The van der Waals surface area contributed by atoms with Gasteiger partial charge in [0, 0.05) is 21.8 Å². The third kappa shape index (κ3) is 9.19. The van der Waals surface area contributed by atoms with Crippen molar-refractivity contribution in [1.29, 1.82) is 5.26 Å². The molecule has 1 atom stereocenters. The molecule has 2 aromatic rings. The highest BCUT2D eigenvalue weighted by molar-refractivity contribution is 7.99. The molecule has 158 valence electrons. The minimum absolute atomic E-state index is 0.160. The van der Waals surface area contributed by atoms with Crippen molar-refractivity contribution in [3.63, 3.8) is 0 Å². The number of hydrogen-bond acceptors (Lipinski definition) is 5. The fourth-order valence-electron chi connectivity index (χ4n) is 2.84. The van der Waals surface area contributed by atoms with Crippen molar-refractivity contribution >= 4 is 17.9 Å². The van der Waals surface area contributed by atoms with Gasteiger partial charge in [-0.1, -0.05) is 62.0 Å². The predicted octanol–water partition coefficient (Wildman–Crippen LogP) is 6.98. The number of benzene rings is 2. The highest BCUT2D eigenvalue weighted by Crippen LogP contribution is 2.30. The van der Waals surface area contributed by atoms with E-state index in [9.17, 15) is 4.79 Å². The van der Waals surface area contributed by atoms with Gasteiger partial charge in [0.15, 0.2) is 0 Å². The zero-order valence-corrected chi connectivity index (χ0v) is 18.4. The molecule has 0 saturated heterocycles. The van der Waals surface area contributed by atoms with Crippen molar-refractivity contribution < 1.29 is 14.3 Å². The zero-order valence-electron chi connectivity index (χ0n) is 17.6. The summed E-state index contributed by atoms with van der Waals surface area (Å²) in [6.07, 6.45) is 5.41. The maximum absolute atomic E-state index is 11.5. The standard InChI is InChI=1S/C25H29NO3S/c1-20(2)19-29-25(27)28-18-7-6-9-21(10-8-17-26)22-13-15-24(16-14-22)30-23-11-4-3-5-12-23/h3-5,8,10-16,20-21H,6-7,9,18-19H2,1-2H3/b10-8+. The van der Waals surface area contributed by atoms with E-state index in [4.69, 9.17) is 14.7 Å². The van der Waals surface area contributed by atoms with Crippen LogP contribution in [-0.2, 0) is 9.47 Å². The van der Waals surface area contributed by atoms with Gasteiger partial charge in [-0.3, -0.25) is 0 Å². The number of ether oxygens (including phenoxy) is 2. The van der Waals surface area contributed by atoms with E-state index < -0.39 is 6.16 Å². The van der Waals surface area contributed by atoms with Gasteiger partial charge in [0.1, 0.15) is 0 Å². The minimum atomic E-state index is -0.601. The van der Waals surface area contributed by atoms with Crippen LogP contribution in [0.2, 0.25) is 0 Å². The molecular weight excluding hydrogens is 394 g/mol. The monoisotopic (exact) mass is 423 g/mol. The molecule has 0 aliphatic carbocycles. The topological polar surface area (TPSA) is 59.3 Å². The Balaban J connectivity index is 1.82. The van der Waals surface area contributed by atoms with Gasteiger partial charge >= 0.3 is 6.16 Å². The Labute approximate surface area is 183 Å². The molecular formula is C25H29NO3S. The second kappa shape index (κ2) is 13.5. The molecule has 0 N–H and O–H groups in total. The number of nitrogens with zero attached hydrogens (tertiary/aromatic N) is 1. The number of nitriles is 1. The van der Waals surface area contributed by atoms with Crippen LogP contribution in [0.1, 0.15) is 44.6 Å². The summed E-state index contributed by atoms with van der Waals surface area (Å²) >= 11 is 1.73. The smallest absolute Gasteiger partial charge is 0.434 e. The molecule has 5 heteroatoms. The van der Waals surface area contributed by atoms with Crippen molar-refractivity contribution in [3.8, 4) is 6.07 Å². The first kappa shape index (κ1) is 23.6. The lowest BCUT2D eigenvalue weighted by Gasteiger charge is -2.14. The van der Waals surface area contributed by atoms with E-state index in [2.05, 4.69) is 42.5 Å². The molecule has 30 heavy (non-hydrogen) atoms. The molecule has 0 amide bonds. The Bertz CT molecular complexity index is 826. The first-order valence-corrected chi connectivity index (χ1v) is 11.1. The van der Waals surface area contributed by atoms with Gasteiger partial charge in [-0.15, -0.1) is 0 Å². The Morgan fingerprint density at radius 2 is 1.73 bits per heavy atom. The SMILES string of the molecule is CC(C)COC(=O)OCCCCC(/C=C/C#N)c1ccc(Sc2ccccc2)cc1. The van der Waals surface area contributed by atoms with Crippen molar-refractivity contribution in [3.05, 3.63) is 72.3 Å². The lowest BCUT2D eigenvalue weighted by Crippen LogP contribution is -2.12. The average Bonchev–Trinajstić information content (AvgIpc) is 2.75. The number of unbranched alkanes of at least 4 members (excludes halogenated alkanes) is 1. The maximum atomic E-state index is 11.5. The summed E-state index contributed by atoms with van der Waals surface area (Å²) in [5, 5.41) is 8.92. The molecule has 2 rings (SSSR count). The van der Waals surface area contributed by atoms with Gasteiger partial charge in [-0.2, -0.15) is 5.26 Å². The van der Waals surface area contributed by atoms with Crippen LogP contribution >= 0.6 is 11.8 Å². The molecule has 0 aliphatic rings. The second-order valence-corrected chi connectivity index (χ2v) is 8.52. The zero-order chi connectivity index (χ0) is 21.6. The minimum Gasteiger partial charge on any atom is -0.434 e. The predicted molar refractivity (Wildman–Crippen MR) is 120 cm³/mol. The van der Waals surface area contributed by atoms with Gasteiger partial charge in [0.05, 0.1) is 19.3 Å². The number of rotatable bonds is 11. The summed E-state index contributed by atoms with van der Waals surface area (Å²) in [4.78, 5) is 13.9. The highest BCUT2D eigenvalue weighted by Gasteiger charge is 2.10. The summed E-state index contributed by atoms with van der Waals surface area (Å²) in [5.41, 5.74) is 1.18. The molecule has 4 nitrogen and oxygen atoms in total. The summed E-state index contributed by atoms with van der Waals surface area (Å²) in [6.45, 7) is 4.68. The van der Waals surface area contributed by atoms with Crippen LogP contribution in [0, 0.1) is 17.2 Å².